The van der Waals surface area contributed by atoms with E-state index in [4.69, 9.17) is 4.74 Å². The van der Waals surface area contributed by atoms with Gasteiger partial charge in [0.1, 0.15) is 5.75 Å². The van der Waals surface area contributed by atoms with Crippen molar-refractivity contribution in [1.29, 1.82) is 0 Å². The lowest BCUT2D eigenvalue weighted by Crippen LogP contribution is -2.22. The van der Waals surface area contributed by atoms with E-state index in [0.29, 0.717) is 11.4 Å². The van der Waals surface area contributed by atoms with Gasteiger partial charge in [-0.2, -0.15) is 0 Å². The standard InChI is InChI=1S/C9H11N2O2/c1-10-9(12)11-7-4-3-5-8(6-7)13-2/h3-6H,1H2,2H3,(H2,10,11,12). The molecular formula is C9H11N2O2. The van der Waals surface area contributed by atoms with Gasteiger partial charge in [0.15, 0.2) is 0 Å². The van der Waals surface area contributed by atoms with Crippen LogP contribution >= 0.6 is 0 Å². The van der Waals surface area contributed by atoms with Crippen LogP contribution in [0.25, 0.3) is 0 Å². The summed E-state index contributed by atoms with van der Waals surface area (Å²) in [5, 5.41) is 4.78. The first kappa shape index (κ1) is 9.38. The van der Waals surface area contributed by atoms with Gasteiger partial charge in [0.25, 0.3) is 0 Å². The number of urea groups is 1. The average Bonchev–Trinajstić information content (AvgIpc) is 2.18. The molecule has 0 heterocycles. The Balaban J connectivity index is 2.71. The Morgan fingerprint density at radius 1 is 1.54 bits per heavy atom. The number of benzene rings is 1. The highest BCUT2D eigenvalue weighted by Crippen LogP contribution is 2.16. The van der Waals surface area contributed by atoms with Gasteiger partial charge in [0.2, 0.25) is 0 Å². The van der Waals surface area contributed by atoms with Crippen molar-refractivity contribution in [3.8, 4) is 5.75 Å². The summed E-state index contributed by atoms with van der Waals surface area (Å²) in [4.78, 5) is 10.9. The van der Waals surface area contributed by atoms with Crippen molar-refractivity contribution in [3.05, 3.63) is 31.3 Å². The summed E-state index contributed by atoms with van der Waals surface area (Å²) >= 11 is 0. The second kappa shape index (κ2) is 4.35. The molecule has 2 amide bonds. The average molecular weight is 179 g/mol. The second-order valence-corrected chi connectivity index (χ2v) is 2.36. The summed E-state index contributed by atoms with van der Waals surface area (Å²) in [5.74, 6) is 0.696. The van der Waals surface area contributed by atoms with Gasteiger partial charge < -0.3 is 15.4 Å². The van der Waals surface area contributed by atoms with Gasteiger partial charge >= 0.3 is 6.03 Å². The number of rotatable bonds is 2. The number of hydrogen-bond donors (Lipinski definition) is 2. The first-order valence-electron chi connectivity index (χ1n) is 3.74. The van der Waals surface area contributed by atoms with E-state index in [9.17, 15) is 4.79 Å². The van der Waals surface area contributed by atoms with Gasteiger partial charge in [0.05, 0.1) is 7.11 Å². The Labute approximate surface area is 76.9 Å². The van der Waals surface area contributed by atoms with Crippen LogP contribution in [-0.2, 0) is 0 Å². The summed E-state index contributed by atoms with van der Waals surface area (Å²) < 4.78 is 4.98. The molecule has 0 saturated carbocycles. The van der Waals surface area contributed by atoms with Crippen molar-refractivity contribution in [2.24, 2.45) is 0 Å². The highest BCUT2D eigenvalue weighted by Gasteiger charge is 1.98. The molecule has 0 bridgehead atoms. The first-order valence-corrected chi connectivity index (χ1v) is 3.74. The Morgan fingerprint density at radius 3 is 2.92 bits per heavy atom. The molecule has 13 heavy (non-hydrogen) atoms. The molecule has 0 aliphatic rings. The molecule has 0 fully saturated rings. The minimum Gasteiger partial charge on any atom is -0.497 e. The monoisotopic (exact) mass is 179 g/mol. The number of anilines is 1. The Bertz CT molecular complexity index is 299. The summed E-state index contributed by atoms with van der Waals surface area (Å²) in [6, 6.07) is 6.71. The van der Waals surface area contributed by atoms with Crippen LogP contribution in [0.15, 0.2) is 24.3 Å². The zero-order chi connectivity index (χ0) is 9.68. The molecule has 69 valence electrons. The van der Waals surface area contributed by atoms with Gasteiger partial charge in [0, 0.05) is 18.8 Å². The Kier molecular flexibility index (Phi) is 3.14. The van der Waals surface area contributed by atoms with Crippen LogP contribution in [0.2, 0.25) is 0 Å². The van der Waals surface area contributed by atoms with Crippen molar-refractivity contribution < 1.29 is 9.53 Å². The molecule has 0 aliphatic carbocycles. The van der Waals surface area contributed by atoms with Crippen molar-refractivity contribution in [1.82, 2.24) is 5.32 Å². The SMILES string of the molecule is [CH2]NC(=O)Nc1cccc(OC)c1. The molecule has 4 heteroatoms. The molecule has 0 aromatic heterocycles. The molecule has 1 aromatic rings. The predicted molar refractivity (Wildman–Crippen MR) is 50.5 cm³/mol. The van der Waals surface area contributed by atoms with Crippen LogP contribution in [-0.4, -0.2) is 13.1 Å². The molecular weight excluding hydrogens is 168 g/mol. The maximum Gasteiger partial charge on any atom is 0.319 e. The lowest BCUT2D eigenvalue weighted by molar-refractivity contribution is 0.255. The number of carbonyl (C=O) groups is 1. The zero-order valence-electron chi connectivity index (χ0n) is 7.33. The quantitative estimate of drug-likeness (QED) is 0.724. The first-order chi connectivity index (χ1) is 6.26. The van der Waals surface area contributed by atoms with E-state index < -0.39 is 0 Å². The molecule has 0 atom stereocenters. The molecule has 4 nitrogen and oxygen atoms in total. The smallest absolute Gasteiger partial charge is 0.319 e. The van der Waals surface area contributed by atoms with Gasteiger partial charge in [-0.3, -0.25) is 0 Å². The number of hydrogen-bond acceptors (Lipinski definition) is 2. The molecule has 1 rings (SSSR count). The van der Waals surface area contributed by atoms with E-state index in [1.54, 1.807) is 31.4 Å². The maximum absolute atomic E-state index is 10.9. The fourth-order valence-electron chi connectivity index (χ4n) is 0.876. The molecule has 0 aliphatic heterocycles. The number of carbonyl (C=O) groups excluding carboxylic acids is 1. The summed E-state index contributed by atoms with van der Waals surface area (Å²) in [6.07, 6.45) is 0. The fraction of sp³-hybridized carbons (Fsp3) is 0.111. The van der Waals surface area contributed by atoms with E-state index in [0.717, 1.165) is 0 Å². The van der Waals surface area contributed by atoms with Crippen LogP contribution in [0.1, 0.15) is 0 Å². The largest absolute Gasteiger partial charge is 0.497 e. The topological polar surface area (TPSA) is 50.4 Å². The van der Waals surface area contributed by atoms with Crippen molar-refractivity contribution in [3.63, 3.8) is 0 Å². The van der Waals surface area contributed by atoms with Gasteiger partial charge in [-0.05, 0) is 12.1 Å². The lowest BCUT2D eigenvalue weighted by Gasteiger charge is -2.05. The van der Waals surface area contributed by atoms with Crippen LogP contribution in [0.5, 0.6) is 5.75 Å². The highest BCUT2D eigenvalue weighted by atomic mass is 16.5. The molecule has 1 aromatic carbocycles. The van der Waals surface area contributed by atoms with Crippen LogP contribution < -0.4 is 15.4 Å². The fourth-order valence-corrected chi connectivity index (χ4v) is 0.876. The second-order valence-electron chi connectivity index (χ2n) is 2.36. The van der Waals surface area contributed by atoms with Gasteiger partial charge in [-0.15, -0.1) is 0 Å². The third kappa shape index (κ3) is 2.66. The maximum atomic E-state index is 10.9. The van der Waals surface area contributed by atoms with E-state index in [1.165, 1.54) is 0 Å². The molecule has 2 N–H and O–H groups in total. The molecule has 0 unspecified atom stereocenters. The normalized spacial score (nSPS) is 9.08. The number of methoxy groups -OCH3 is 1. The minimum atomic E-state index is -0.353. The van der Waals surface area contributed by atoms with E-state index in [2.05, 4.69) is 17.7 Å². The predicted octanol–water partition coefficient (Wildman–Crippen LogP) is 1.61. The Morgan fingerprint density at radius 2 is 2.31 bits per heavy atom. The number of amides is 2. The zero-order valence-corrected chi connectivity index (χ0v) is 7.33. The molecule has 0 spiro atoms. The third-order valence-corrected chi connectivity index (χ3v) is 1.49. The minimum absolute atomic E-state index is 0.353. The Hall–Kier alpha value is -1.71. The summed E-state index contributed by atoms with van der Waals surface area (Å²) in [6.45, 7) is 0. The van der Waals surface area contributed by atoms with Crippen LogP contribution in [0, 0.1) is 7.05 Å². The van der Waals surface area contributed by atoms with Crippen molar-refractivity contribution >= 4 is 11.7 Å². The van der Waals surface area contributed by atoms with E-state index in [1.807, 2.05) is 0 Å². The summed E-state index contributed by atoms with van der Waals surface area (Å²) in [5.41, 5.74) is 0.667. The van der Waals surface area contributed by atoms with E-state index in [-0.39, 0.29) is 6.03 Å². The molecule has 1 radical (unpaired) electrons. The van der Waals surface area contributed by atoms with E-state index >= 15 is 0 Å². The van der Waals surface area contributed by atoms with Crippen LogP contribution in [0.3, 0.4) is 0 Å². The van der Waals surface area contributed by atoms with Crippen LogP contribution in [0.4, 0.5) is 10.5 Å². The third-order valence-electron chi connectivity index (χ3n) is 1.49. The van der Waals surface area contributed by atoms with Gasteiger partial charge in [-0.25, -0.2) is 4.79 Å². The molecule has 0 saturated heterocycles. The van der Waals surface area contributed by atoms with Crippen molar-refractivity contribution in [2.45, 2.75) is 0 Å². The number of ether oxygens (including phenoxy) is 1. The van der Waals surface area contributed by atoms with Gasteiger partial charge in [-0.1, -0.05) is 6.07 Å². The number of nitrogens with one attached hydrogen (secondary N) is 2. The summed E-state index contributed by atoms with van der Waals surface area (Å²) in [7, 11) is 4.80. The lowest BCUT2D eigenvalue weighted by atomic mass is 10.3. The highest BCUT2D eigenvalue weighted by molar-refractivity contribution is 5.89. The van der Waals surface area contributed by atoms with Crippen molar-refractivity contribution in [2.75, 3.05) is 12.4 Å².